The summed E-state index contributed by atoms with van der Waals surface area (Å²) in [4.78, 5) is 23.0. The number of nitrogens with one attached hydrogen (secondary N) is 1. The molecule has 0 saturated carbocycles. The SMILES string of the molecule is Cn1cc(N2CCCC(Nc3ccc([N+](=O)[O-])cc3[N+](=O)[O-])C2)cn1. The molecule has 3 rings (SSSR count). The molecule has 0 amide bonds. The van der Waals surface area contributed by atoms with Crippen LogP contribution in [0.3, 0.4) is 0 Å². The molecule has 1 unspecified atom stereocenters. The van der Waals surface area contributed by atoms with Crippen LogP contribution in [-0.4, -0.2) is 38.8 Å². The number of benzene rings is 1. The molecule has 10 nitrogen and oxygen atoms in total. The van der Waals surface area contributed by atoms with E-state index in [1.807, 2.05) is 13.2 Å². The Balaban J connectivity index is 1.77. The van der Waals surface area contributed by atoms with Crippen LogP contribution in [0, 0.1) is 20.2 Å². The minimum atomic E-state index is -0.637. The number of hydrogen-bond acceptors (Lipinski definition) is 7. The molecule has 2 heterocycles. The summed E-state index contributed by atoms with van der Waals surface area (Å²) in [5.74, 6) is 0. The van der Waals surface area contributed by atoms with E-state index in [4.69, 9.17) is 0 Å². The Morgan fingerprint density at radius 3 is 2.72 bits per heavy atom. The van der Waals surface area contributed by atoms with Gasteiger partial charge in [-0.15, -0.1) is 0 Å². The van der Waals surface area contributed by atoms with Crippen LogP contribution in [0.2, 0.25) is 0 Å². The van der Waals surface area contributed by atoms with Gasteiger partial charge in [-0.25, -0.2) is 0 Å². The molecule has 1 N–H and O–H groups in total. The molecule has 1 aliphatic heterocycles. The monoisotopic (exact) mass is 346 g/mol. The summed E-state index contributed by atoms with van der Waals surface area (Å²) in [6, 6.07) is 3.68. The van der Waals surface area contributed by atoms with Crippen molar-refractivity contribution in [3.63, 3.8) is 0 Å². The maximum absolute atomic E-state index is 11.2. The van der Waals surface area contributed by atoms with Gasteiger partial charge in [0.05, 0.1) is 27.8 Å². The molecule has 1 aromatic carbocycles. The van der Waals surface area contributed by atoms with Crippen molar-refractivity contribution in [2.24, 2.45) is 7.05 Å². The first kappa shape index (κ1) is 16.7. The Morgan fingerprint density at radius 2 is 2.08 bits per heavy atom. The summed E-state index contributed by atoms with van der Waals surface area (Å²) >= 11 is 0. The molecule has 0 radical (unpaired) electrons. The van der Waals surface area contributed by atoms with Gasteiger partial charge in [0.15, 0.2) is 0 Å². The number of nitro groups is 2. The van der Waals surface area contributed by atoms with Gasteiger partial charge in [0, 0.05) is 38.4 Å². The summed E-state index contributed by atoms with van der Waals surface area (Å²) in [5, 5.41) is 29.4. The maximum atomic E-state index is 11.2. The Labute approximate surface area is 143 Å². The topological polar surface area (TPSA) is 119 Å². The molecule has 1 fully saturated rings. The lowest BCUT2D eigenvalue weighted by Crippen LogP contribution is -2.42. The van der Waals surface area contributed by atoms with Crippen molar-refractivity contribution in [1.82, 2.24) is 9.78 Å². The second-order valence-corrected chi connectivity index (χ2v) is 6.02. The normalized spacial score (nSPS) is 17.3. The Hall–Kier alpha value is -3.17. The molecule has 1 aromatic heterocycles. The number of aromatic nitrogens is 2. The summed E-state index contributed by atoms with van der Waals surface area (Å²) in [5.41, 5.74) is 0.728. The maximum Gasteiger partial charge on any atom is 0.299 e. The highest BCUT2D eigenvalue weighted by Crippen LogP contribution is 2.31. The minimum Gasteiger partial charge on any atom is -0.375 e. The number of aryl methyl sites for hydroxylation is 1. The van der Waals surface area contributed by atoms with Crippen molar-refractivity contribution in [2.45, 2.75) is 18.9 Å². The molecule has 2 aromatic rings. The van der Waals surface area contributed by atoms with Crippen molar-refractivity contribution in [3.8, 4) is 0 Å². The van der Waals surface area contributed by atoms with Crippen LogP contribution in [0.4, 0.5) is 22.7 Å². The lowest BCUT2D eigenvalue weighted by atomic mass is 10.0. The first-order valence-corrected chi connectivity index (χ1v) is 7.87. The van der Waals surface area contributed by atoms with Crippen molar-refractivity contribution < 1.29 is 9.85 Å². The zero-order valence-electron chi connectivity index (χ0n) is 13.7. The van der Waals surface area contributed by atoms with Gasteiger partial charge >= 0.3 is 0 Å². The number of nitrogens with zero attached hydrogens (tertiary/aromatic N) is 5. The molecule has 1 atom stereocenters. The third-order valence-corrected chi connectivity index (χ3v) is 4.23. The fourth-order valence-electron chi connectivity index (χ4n) is 3.03. The van der Waals surface area contributed by atoms with E-state index in [1.165, 1.54) is 12.1 Å². The van der Waals surface area contributed by atoms with Crippen molar-refractivity contribution in [3.05, 3.63) is 50.8 Å². The van der Waals surface area contributed by atoms with Crippen LogP contribution in [0.5, 0.6) is 0 Å². The second kappa shape index (κ2) is 6.75. The molecule has 0 bridgehead atoms. The van der Waals surface area contributed by atoms with Gasteiger partial charge in [0.2, 0.25) is 0 Å². The minimum absolute atomic E-state index is 0.00844. The van der Waals surface area contributed by atoms with E-state index in [-0.39, 0.29) is 17.4 Å². The van der Waals surface area contributed by atoms with Gasteiger partial charge in [-0.2, -0.15) is 5.10 Å². The first-order chi connectivity index (χ1) is 11.9. The Bertz CT molecular complexity index is 805. The van der Waals surface area contributed by atoms with Crippen LogP contribution in [0.15, 0.2) is 30.6 Å². The summed E-state index contributed by atoms with van der Waals surface area (Å²) in [7, 11) is 1.85. The highest BCUT2D eigenvalue weighted by atomic mass is 16.6. The third-order valence-electron chi connectivity index (χ3n) is 4.23. The second-order valence-electron chi connectivity index (χ2n) is 6.02. The van der Waals surface area contributed by atoms with E-state index < -0.39 is 9.85 Å². The zero-order valence-corrected chi connectivity index (χ0v) is 13.7. The largest absolute Gasteiger partial charge is 0.375 e. The molecule has 0 aliphatic carbocycles. The van der Waals surface area contributed by atoms with Gasteiger partial charge in [-0.1, -0.05) is 0 Å². The standard InChI is InChI=1S/C15H18N6O4/c1-18-10-13(8-16-18)19-6-2-3-11(9-19)17-14-5-4-12(20(22)23)7-15(14)21(24)25/h4-5,7-8,10-11,17H,2-3,6,9H2,1H3. The molecular weight excluding hydrogens is 328 g/mol. The summed E-state index contributed by atoms with van der Waals surface area (Å²) in [6.07, 6.45) is 5.52. The van der Waals surface area contributed by atoms with Crippen LogP contribution in [-0.2, 0) is 7.05 Å². The zero-order chi connectivity index (χ0) is 18.0. The number of rotatable bonds is 5. The van der Waals surface area contributed by atoms with Gasteiger partial charge in [-0.05, 0) is 18.9 Å². The predicted molar refractivity (Wildman–Crippen MR) is 91.8 cm³/mol. The van der Waals surface area contributed by atoms with Gasteiger partial charge < -0.3 is 10.2 Å². The van der Waals surface area contributed by atoms with E-state index in [2.05, 4.69) is 15.3 Å². The quantitative estimate of drug-likeness (QED) is 0.651. The van der Waals surface area contributed by atoms with Crippen molar-refractivity contribution in [1.29, 1.82) is 0 Å². The van der Waals surface area contributed by atoms with Crippen LogP contribution >= 0.6 is 0 Å². The van der Waals surface area contributed by atoms with Crippen LogP contribution in [0.25, 0.3) is 0 Å². The van der Waals surface area contributed by atoms with Gasteiger partial charge in [0.25, 0.3) is 11.4 Å². The third kappa shape index (κ3) is 3.67. The smallest absolute Gasteiger partial charge is 0.299 e. The van der Waals surface area contributed by atoms with E-state index in [9.17, 15) is 20.2 Å². The number of nitro benzene ring substituents is 2. The van der Waals surface area contributed by atoms with E-state index in [1.54, 1.807) is 10.9 Å². The molecule has 0 spiro atoms. The molecule has 25 heavy (non-hydrogen) atoms. The molecule has 1 aliphatic rings. The molecular formula is C15H18N6O4. The van der Waals surface area contributed by atoms with Crippen LogP contribution in [0.1, 0.15) is 12.8 Å². The number of hydrogen-bond donors (Lipinski definition) is 1. The van der Waals surface area contributed by atoms with Gasteiger partial charge in [0.1, 0.15) is 5.69 Å². The Kier molecular flexibility index (Phi) is 4.50. The highest BCUT2D eigenvalue weighted by Gasteiger charge is 2.25. The summed E-state index contributed by atoms with van der Waals surface area (Å²) < 4.78 is 1.73. The van der Waals surface area contributed by atoms with E-state index >= 15 is 0 Å². The predicted octanol–water partition coefficient (Wildman–Crippen LogP) is 2.32. The average molecular weight is 346 g/mol. The highest BCUT2D eigenvalue weighted by molar-refractivity contribution is 5.66. The molecule has 132 valence electrons. The van der Waals surface area contributed by atoms with E-state index in [0.29, 0.717) is 12.2 Å². The summed E-state index contributed by atoms with van der Waals surface area (Å²) in [6.45, 7) is 1.58. The van der Waals surface area contributed by atoms with Crippen LogP contribution < -0.4 is 10.2 Å². The Morgan fingerprint density at radius 1 is 1.28 bits per heavy atom. The van der Waals surface area contributed by atoms with Gasteiger partial charge in [-0.3, -0.25) is 24.9 Å². The number of anilines is 2. The lowest BCUT2D eigenvalue weighted by Gasteiger charge is -2.34. The fourth-order valence-corrected chi connectivity index (χ4v) is 3.03. The molecule has 1 saturated heterocycles. The first-order valence-electron chi connectivity index (χ1n) is 7.87. The van der Waals surface area contributed by atoms with Crippen molar-refractivity contribution >= 4 is 22.7 Å². The lowest BCUT2D eigenvalue weighted by molar-refractivity contribution is -0.393. The van der Waals surface area contributed by atoms with E-state index in [0.717, 1.165) is 31.1 Å². The average Bonchev–Trinajstić information content (AvgIpc) is 3.01. The van der Waals surface area contributed by atoms with Crippen molar-refractivity contribution in [2.75, 3.05) is 23.3 Å². The number of non-ortho nitro benzene ring substituents is 1. The fraction of sp³-hybridized carbons (Fsp3) is 0.400. The molecule has 10 heteroatoms. The number of piperidine rings is 1.